The van der Waals surface area contributed by atoms with Crippen molar-refractivity contribution >= 4 is 22.8 Å². The Labute approximate surface area is 136 Å². The van der Waals surface area contributed by atoms with E-state index < -0.39 is 17.2 Å². The van der Waals surface area contributed by atoms with E-state index in [1.165, 1.54) is 17.8 Å². The fraction of sp³-hybridized carbons (Fsp3) is 0.500. The molecule has 23 heavy (non-hydrogen) atoms. The summed E-state index contributed by atoms with van der Waals surface area (Å²) < 4.78 is 39.0. The molecular weight excluding hydrogens is 325 g/mol. The van der Waals surface area contributed by atoms with Crippen LogP contribution < -0.4 is 5.32 Å². The van der Waals surface area contributed by atoms with Crippen LogP contribution in [0.4, 0.5) is 13.2 Å². The second kappa shape index (κ2) is 6.19. The number of carbonyl (C=O) groups excluding carboxylic acids is 1. The third-order valence-electron chi connectivity index (χ3n) is 4.44. The van der Waals surface area contributed by atoms with Crippen molar-refractivity contribution < 1.29 is 18.0 Å². The van der Waals surface area contributed by atoms with Crippen molar-refractivity contribution in [2.45, 2.75) is 37.3 Å². The summed E-state index contributed by atoms with van der Waals surface area (Å²) >= 11 is 1.47. The van der Waals surface area contributed by atoms with Gasteiger partial charge in [0, 0.05) is 5.75 Å². The highest BCUT2D eigenvalue weighted by Crippen LogP contribution is 2.43. The minimum Gasteiger partial charge on any atom is -0.305 e. The Kier molecular flexibility index (Phi) is 4.40. The molecule has 0 radical (unpaired) electrons. The molecule has 2 aliphatic rings. The van der Waals surface area contributed by atoms with Gasteiger partial charge in [0.25, 0.3) is 0 Å². The van der Waals surface area contributed by atoms with E-state index in [-0.39, 0.29) is 5.91 Å². The highest BCUT2D eigenvalue weighted by atomic mass is 32.2. The van der Waals surface area contributed by atoms with Crippen molar-refractivity contribution in [3.63, 3.8) is 0 Å². The van der Waals surface area contributed by atoms with Crippen LogP contribution >= 0.6 is 11.8 Å². The number of carbonyl (C=O) groups is 1. The number of halogens is 3. The zero-order valence-corrected chi connectivity index (χ0v) is 13.3. The van der Waals surface area contributed by atoms with Crippen LogP contribution in [0.25, 0.3) is 0 Å². The SMILES string of the molecule is O=C(NC1=NCCS1)C1(c2cccc(C(F)(F)F)c2)CCCC1. The van der Waals surface area contributed by atoms with Gasteiger partial charge in [0.2, 0.25) is 5.91 Å². The summed E-state index contributed by atoms with van der Waals surface area (Å²) in [5.41, 5.74) is -1.14. The van der Waals surface area contributed by atoms with Gasteiger partial charge in [-0.1, -0.05) is 42.8 Å². The van der Waals surface area contributed by atoms with E-state index in [4.69, 9.17) is 0 Å². The summed E-state index contributed by atoms with van der Waals surface area (Å²) in [7, 11) is 0. The number of nitrogens with zero attached hydrogens (tertiary/aromatic N) is 1. The van der Waals surface area contributed by atoms with E-state index in [1.54, 1.807) is 6.07 Å². The van der Waals surface area contributed by atoms with E-state index in [2.05, 4.69) is 10.3 Å². The van der Waals surface area contributed by atoms with Gasteiger partial charge in [0.15, 0.2) is 5.17 Å². The molecule has 1 saturated carbocycles. The van der Waals surface area contributed by atoms with Crippen LogP contribution in [0.15, 0.2) is 29.3 Å². The topological polar surface area (TPSA) is 41.5 Å². The second-order valence-electron chi connectivity index (χ2n) is 5.86. The van der Waals surface area contributed by atoms with Gasteiger partial charge in [0.1, 0.15) is 0 Å². The van der Waals surface area contributed by atoms with Crippen LogP contribution in [0.5, 0.6) is 0 Å². The normalized spacial score (nSPS) is 20.4. The predicted octanol–water partition coefficient (Wildman–Crippen LogP) is 3.74. The van der Waals surface area contributed by atoms with Gasteiger partial charge < -0.3 is 5.32 Å². The number of hydrogen-bond acceptors (Lipinski definition) is 3. The fourth-order valence-corrected chi connectivity index (χ4v) is 3.97. The number of alkyl halides is 3. The number of benzene rings is 1. The Morgan fingerprint density at radius 3 is 2.61 bits per heavy atom. The molecule has 0 atom stereocenters. The average Bonchev–Trinajstić information content (AvgIpc) is 3.18. The first kappa shape index (κ1) is 16.4. The van der Waals surface area contributed by atoms with Gasteiger partial charge in [-0.2, -0.15) is 13.2 Å². The van der Waals surface area contributed by atoms with Crippen molar-refractivity contribution in [2.75, 3.05) is 12.3 Å². The molecule has 0 bridgehead atoms. The van der Waals surface area contributed by atoms with Crippen molar-refractivity contribution in [2.24, 2.45) is 4.99 Å². The van der Waals surface area contributed by atoms with Crippen LogP contribution in [-0.2, 0) is 16.4 Å². The Bertz CT molecular complexity index is 636. The third-order valence-corrected chi connectivity index (χ3v) is 5.33. The van der Waals surface area contributed by atoms with Crippen LogP contribution in [0, 0.1) is 0 Å². The molecule has 7 heteroatoms. The fourth-order valence-electron chi connectivity index (χ4n) is 3.25. The maximum Gasteiger partial charge on any atom is 0.416 e. The van der Waals surface area contributed by atoms with Crippen LogP contribution in [0.2, 0.25) is 0 Å². The molecule has 1 aliphatic carbocycles. The zero-order chi connectivity index (χ0) is 16.5. The molecule has 1 aromatic rings. The standard InChI is InChI=1S/C16H17F3N2OS/c17-16(18,19)12-5-3-4-11(10-12)15(6-1-2-7-15)13(22)21-14-20-8-9-23-14/h3-5,10H,1-2,6-9H2,(H,20,21,22). The second-order valence-corrected chi connectivity index (χ2v) is 6.94. The molecule has 3 rings (SSSR count). The summed E-state index contributed by atoms with van der Waals surface area (Å²) in [6, 6.07) is 5.17. The molecular formula is C16H17F3N2OS. The van der Waals surface area contributed by atoms with Gasteiger partial charge in [0.05, 0.1) is 17.5 Å². The number of thioether (sulfide) groups is 1. The lowest BCUT2D eigenvalue weighted by atomic mass is 9.77. The Balaban J connectivity index is 1.93. The molecule has 1 heterocycles. The maximum atomic E-state index is 13.0. The van der Waals surface area contributed by atoms with Gasteiger partial charge in [-0.25, -0.2) is 0 Å². The van der Waals surface area contributed by atoms with Crippen LogP contribution in [0.1, 0.15) is 36.8 Å². The van der Waals surface area contributed by atoms with Gasteiger partial charge in [-0.3, -0.25) is 9.79 Å². The lowest BCUT2D eigenvalue weighted by Gasteiger charge is -2.28. The highest BCUT2D eigenvalue weighted by Gasteiger charge is 2.44. The minimum absolute atomic E-state index is 0.234. The first-order valence-corrected chi connectivity index (χ1v) is 8.57. The molecule has 0 spiro atoms. The van der Waals surface area contributed by atoms with Crippen molar-refractivity contribution in [1.29, 1.82) is 0 Å². The molecule has 124 valence electrons. The molecule has 0 unspecified atom stereocenters. The number of nitrogens with one attached hydrogen (secondary N) is 1. The molecule has 0 saturated heterocycles. The van der Waals surface area contributed by atoms with Crippen molar-refractivity contribution in [1.82, 2.24) is 5.32 Å². The Morgan fingerprint density at radius 2 is 2.00 bits per heavy atom. The van der Waals surface area contributed by atoms with Gasteiger partial charge in [-0.15, -0.1) is 0 Å². The lowest BCUT2D eigenvalue weighted by molar-refractivity contribution is -0.138. The predicted molar refractivity (Wildman–Crippen MR) is 84.5 cm³/mol. The number of amides is 1. The number of amidine groups is 1. The van der Waals surface area contributed by atoms with E-state index in [0.717, 1.165) is 30.7 Å². The third kappa shape index (κ3) is 3.24. The quantitative estimate of drug-likeness (QED) is 0.890. The van der Waals surface area contributed by atoms with Crippen molar-refractivity contribution in [3.8, 4) is 0 Å². The Hall–Kier alpha value is -1.50. The molecule has 1 fully saturated rings. The first-order chi connectivity index (χ1) is 10.9. The van der Waals surface area contributed by atoms with E-state index in [1.807, 2.05) is 0 Å². The largest absolute Gasteiger partial charge is 0.416 e. The summed E-state index contributed by atoms with van der Waals surface area (Å²) in [5, 5.41) is 3.39. The highest BCUT2D eigenvalue weighted by molar-refractivity contribution is 8.14. The molecule has 3 nitrogen and oxygen atoms in total. The average molecular weight is 342 g/mol. The smallest absolute Gasteiger partial charge is 0.305 e. The summed E-state index contributed by atoms with van der Waals surface area (Å²) in [5.74, 6) is 0.592. The van der Waals surface area contributed by atoms with E-state index >= 15 is 0 Å². The van der Waals surface area contributed by atoms with E-state index in [9.17, 15) is 18.0 Å². The lowest BCUT2D eigenvalue weighted by Crippen LogP contribution is -2.44. The van der Waals surface area contributed by atoms with E-state index in [0.29, 0.717) is 30.1 Å². The van der Waals surface area contributed by atoms with Crippen LogP contribution in [-0.4, -0.2) is 23.4 Å². The summed E-state index contributed by atoms with van der Waals surface area (Å²) in [6.07, 6.45) is -1.60. The molecule has 1 aromatic carbocycles. The number of rotatable bonds is 2. The van der Waals surface area contributed by atoms with Crippen LogP contribution in [0.3, 0.4) is 0 Å². The molecule has 1 aliphatic heterocycles. The van der Waals surface area contributed by atoms with Gasteiger partial charge >= 0.3 is 6.18 Å². The van der Waals surface area contributed by atoms with Crippen molar-refractivity contribution in [3.05, 3.63) is 35.4 Å². The Morgan fingerprint density at radius 1 is 1.26 bits per heavy atom. The summed E-state index contributed by atoms with van der Waals surface area (Å²) in [4.78, 5) is 17.0. The molecule has 1 N–H and O–H groups in total. The minimum atomic E-state index is -4.41. The molecule has 0 aromatic heterocycles. The van der Waals surface area contributed by atoms with Gasteiger partial charge in [-0.05, 0) is 24.5 Å². The summed E-state index contributed by atoms with van der Waals surface area (Å²) in [6.45, 7) is 0.664. The zero-order valence-electron chi connectivity index (χ0n) is 12.4. The number of aliphatic imine (C=N–C) groups is 1. The maximum absolute atomic E-state index is 13.0. The molecule has 1 amide bonds. The monoisotopic (exact) mass is 342 g/mol. The number of hydrogen-bond donors (Lipinski definition) is 1. The first-order valence-electron chi connectivity index (χ1n) is 7.58.